The van der Waals surface area contributed by atoms with Crippen LogP contribution in [-0.2, 0) is 0 Å². The summed E-state index contributed by atoms with van der Waals surface area (Å²) in [5.74, 6) is 5.75. The third kappa shape index (κ3) is 3.28. The molecule has 17 heavy (non-hydrogen) atoms. The van der Waals surface area contributed by atoms with Crippen LogP contribution >= 0.6 is 11.6 Å². The molecule has 1 aliphatic carbocycles. The third-order valence-electron chi connectivity index (χ3n) is 2.53. The fraction of sp³-hybridized carbons (Fsp3) is 0.455. The van der Waals surface area contributed by atoms with Crippen LogP contribution in [0.3, 0.4) is 0 Å². The predicted octanol–water partition coefficient (Wildman–Crippen LogP) is 2.56. The molecule has 1 aromatic rings. The standard InChI is InChI=1S/C11H13ClF2N2O/c12-11(13,14)10(16-15)7-1-3-8(4-2-7)17-9-5-6-9/h1-4,9-10,16H,5-6,15H2. The normalized spacial score (nSPS) is 17.9. The van der Waals surface area contributed by atoms with Gasteiger partial charge in [0.15, 0.2) is 0 Å². The Bertz CT molecular complexity index is 376. The zero-order valence-corrected chi connectivity index (χ0v) is 9.75. The molecule has 3 N–H and O–H groups in total. The lowest BCUT2D eigenvalue weighted by Gasteiger charge is -2.21. The van der Waals surface area contributed by atoms with Crippen LogP contribution in [0.5, 0.6) is 5.75 Å². The number of alkyl halides is 3. The summed E-state index contributed by atoms with van der Waals surface area (Å²) in [5, 5.41) is -3.44. The summed E-state index contributed by atoms with van der Waals surface area (Å²) in [6.07, 6.45) is 2.38. The van der Waals surface area contributed by atoms with Gasteiger partial charge in [0.05, 0.1) is 6.10 Å². The smallest absolute Gasteiger partial charge is 0.342 e. The van der Waals surface area contributed by atoms with Gasteiger partial charge < -0.3 is 4.74 Å². The zero-order valence-electron chi connectivity index (χ0n) is 9.00. The third-order valence-corrected chi connectivity index (χ3v) is 2.75. The van der Waals surface area contributed by atoms with E-state index in [0.717, 1.165) is 12.8 Å². The van der Waals surface area contributed by atoms with Crippen LogP contribution in [0.15, 0.2) is 24.3 Å². The minimum atomic E-state index is -3.44. The Morgan fingerprint density at radius 3 is 2.35 bits per heavy atom. The van der Waals surface area contributed by atoms with E-state index in [-0.39, 0.29) is 6.10 Å². The van der Waals surface area contributed by atoms with Gasteiger partial charge in [-0.1, -0.05) is 12.1 Å². The van der Waals surface area contributed by atoms with Gasteiger partial charge in [-0.05, 0) is 42.1 Å². The number of hydrogen-bond acceptors (Lipinski definition) is 3. The summed E-state index contributed by atoms with van der Waals surface area (Å²) in [7, 11) is 0. The number of nitrogens with two attached hydrogens (primary N) is 1. The van der Waals surface area contributed by atoms with Crippen molar-refractivity contribution in [1.29, 1.82) is 0 Å². The monoisotopic (exact) mass is 262 g/mol. The number of rotatable bonds is 5. The molecule has 0 spiro atoms. The van der Waals surface area contributed by atoms with E-state index in [2.05, 4.69) is 0 Å². The van der Waals surface area contributed by atoms with E-state index in [1.807, 2.05) is 5.43 Å². The average molecular weight is 263 g/mol. The Hall–Kier alpha value is -0.910. The van der Waals surface area contributed by atoms with E-state index in [4.69, 9.17) is 22.2 Å². The van der Waals surface area contributed by atoms with Crippen molar-refractivity contribution >= 4 is 11.6 Å². The molecule has 94 valence electrons. The topological polar surface area (TPSA) is 47.3 Å². The number of halogens is 3. The Morgan fingerprint density at radius 1 is 1.35 bits per heavy atom. The highest BCUT2D eigenvalue weighted by Gasteiger charge is 2.37. The minimum Gasteiger partial charge on any atom is -0.490 e. The van der Waals surface area contributed by atoms with Crippen LogP contribution in [0.2, 0.25) is 0 Å². The van der Waals surface area contributed by atoms with Gasteiger partial charge in [-0.15, -0.1) is 0 Å². The zero-order chi connectivity index (χ0) is 12.5. The molecule has 3 nitrogen and oxygen atoms in total. The molecule has 0 bridgehead atoms. The Kier molecular flexibility index (Phi) is 3.51. The van der Waals surface area contributed by atoms with E-state index >= 15 is 0 Å². The first-order chi connectivity index (χ1) is 8.00. The number of hydrazine groups is 1. The first kappa shape index (κ1) is 12.5. The van der Waals surface area contributed by atoms with Crippen molar-refractivity contribution < 1.29 is 13.5 Å². The SMILES string of the molecule is NNC(c1ccc(OC2CC2)cc1)C(F)(F)Cl. The number of ether oxygens (including phenoxy) is 1. The van der Waals surface area contributed by atoms with Crippen LogP contribution in [0.25, 0.3) is 0 Å². The second-order valence-corrected chi connectivity index (χ2v) is 4.53. The number of benzene rings is 1. The molecule has 2 rings (SSSR count). The number of hydrogen-bond donors (Lipinski definition) is 2. The van der Waals surface area contributed by atoms with Gasteiger partial charge >= 0.3 is 5.38 Å². The highest BCUT2D eigenvalue weighted by atomic mass is 35.5. The molecule has 1 aliphatic rings. The van der Waals surface area contributed by atoms with Gasteiger partial charge in [0, 0.05) is 0 Å². The van der Waals surface area contributed by atoms with Crippen molar-refractivity contribution in [3.63, 3.8) is 0 Å². The van der Waals surface area contributed by atoms with Crippen molar-refractivity contribution in [3.8, 4) is 5.75 Å². The molecule has 0 aromatic heterocycles. The number of nitrogens with one attached hydrogen (secondary N) is 1. The Balaban J connectivity index is 2.09. The van der Waals surface area contributed by atoms with Crippen molar-refractivity contribution in [2.75, 3.05) is 0 Å². The fourth-order valence-electron chi connectivity index (χ4n) is 1.50. The van der Waals surface area contributed by atoms with Gasteiger partial charge in [-0.2, -0.15) is 8.78 Å². The Labute approximate surface area is 103 Å². The van der Waals surface area contributed by atoms with Crippen molar-refractivity contribution in [1.82, 2.24) is 5.43 Å². The van der Waals surface area contributed by atoms with Crippen LogP contribution in [-0.4, -0.2) is 11.5 Å². The molecular weight excluding hydrogens is 250 g/mol. The van der Waals surface area contributed by atoms with Gasteiger partial charge in [-0.3, -0.25) is 5.84 Å². The summed E-state index contributed by atoms with van der Waals surface area (Å²) in [6.45, 7) is 0. The molecule has 1 unspecified atom stereocenters. The molecular formula is C11H13ClF2N2O. The maximum absolute atomic E-state index is 13.0. The highest BCUT2D eigenvalue weighted by molar-refractivity contribution is 6.22. The summed E-state index contributed by atoms with van der Waals surface area (Å²) >= 11 is 4.96. The van der Waals surface area contributed by atoms with Crippen LogP contribution in [0.1, 0.15) is 24.4 Å². The van der Waals surface area contributed by atoms with Gasteiger partial charge in [0.25, 0.3) is 0 Å². The average Bonchev–Trinajstić information content (AvgIpc) is 3.03. The first-order valence-corrected chi connectivity index (χ1v) is 5.68. The maximum atomic E-state index is 13.0. The molecule has 0 amide bonds. The second kappa shape index (κ2) is 4.76. The second-order valence-electron chi connectivity index (χ2n) is 4.03. The molecule has 0 saturated heterocycles. The lowest BCUT2D eigenvalue weighted by atomic mass is 10.1. The fourth-order valence-corrected chi connectivity index (χ4v) is 1.69. The molecule has 1 aromatic carbocycles. The first-order valence-electron chi connectivity index (χ1n) is 5.30. The van der Waals surface area contributed by atoms with E-state index in [1.54, 1.807) is 12.1 Å². The molecule has 0 radical (unpaired) electrons. The van der Waals surface area contributed by atoms with Gasteiger partial charge in [0.2, 0.25) is 0 Å². The maximum Gasteiger partial charge on any atom is 0.342 e. The van der Waals surface area contributed by atoms with Gasteiger partial charge in [0.1, 0.15) is 11.8 Å². The van der Waals surface area contributed by atoms with Crippen LogP contribution in [0, 0.1) is 0 Å². The van der Waals surface area contributed by atoms with Crippen LogP contribution in [0.4, 0.5) is 8.78 Å². The molecule has 0 aliphatic heterocycles. The molecule has 1 atom stereocenters. The van der Waals surface area contributed by atoms with Crippen molar-refractivity contribution in [3.05, 3.63) is 29.8 Å². The molecule has 1 saturated carbocycles. The van der Waals surface area contributed by atoms with E-state index < -0.39 is 11.4 Å². The van der Waals surface area contributed by atoms with E-state index in [0.29, 0.717) is 11.3 Å². The lowest BCUT2D eigenvalue weighted by molar-refractivity contribution is 0.0497. The summed E-state index contributed by atoms with van der Waals surface area (Å²) < 4.78 is 31.5. The Morgan fingerprint density at radius 2 is 1.94 bits per heavy atom. The molecule has 0 heterocycles. The van der Waals surface area contributed by atoms with Crippen LogP contribution < -0.4 is 16.0 Å². The summed E-state index contributed by atoms with van der Waals surface area (Å²) in [4.78, 5) is 0. The molecule has 1 fully saturated rings. The predicted molar refractivity (Wildman–Crippen MR) is 61.0 cm³/mol. The largest absolute Gasteiger partial charge is 0.490 e. The lowest BCUT2D eigenvalue weighted by Crippen LogP contribution is -2.37. The van der Waals surface area contributed by atoms with E-state index in [9.17, 15) is 8.78 Å². The van der Waals surface area contributed by atoms with Crippen molar-refractivity contribution in [2.24, 2.45) is 5.84 Å². The van der Waals surface area contributed by atoms with E-state index in [1.165, 1.54) is 12.1 Å². The highest BCUT2D eigenvalue weighted by Crippen LogP contribution is 2.35. The van der Waals surface area contributed by atoms with Gasteiger partial charge in [-0.25, -0.2) is 5.43 Å². The summed E-state index contributed by atoms with van der Waals surface area (Å²) in [5.41, 5.74) is 2.32. The minimum absolute atomic E-state index is 0.277. The molecule has 6 heteroatoms. The van der Waals surface area contributed by atoms with Crippen molar-refractivity contribution in [2.45, 2.75) is 30.4 Å². The summed E-state index contributed by atoms with van der Waals surface area (Å²) in [6, 6.07) is 4.91. The quantitative estimate of drug-likeness (QED) is 0.487.